The van der Waals surface area contributed by atoms with Crippen molar-refractivity contribution >= 4 is 22.0 Å². The van der Waals surface area contributed by atoms with Crippen molar-refractivity contribution in [1.82, 2.24) is 10.6 Å². The fourth-order valence-corrected chi connectivity index (χ4v) is 8.58. The number of pyridine rings is 1. The van der Waals surface area contributed by atoms with Crippen LogP contribution in [0.5, 0.6) is 0 Å². The summed E-state index contributed by atoms with van der Waals surface area (Å²) in [6.07, 6.45) is 21.9. The number of amides is 2. The number of unbranched alkanes of at least 4 members (excludes halogenated alkanes) is 15. The van der Waals surface area contributed by atoms with Crippen LogP contribution in [0.3, 0.4) is 0 Å². The van der Waals surface area contributed by atoms with Gasteiger partial charge in [0, 0.05) is 12.1 Å². The highest BCUT2D eigenvalue weighted by molar-refractivity contribution is 7.93. The number of carbonyl (C=O) groups excluding carboxylic acids is 2. The molecule has 2 N–H and O–H groups in total. The lowest BCUT2D eigenvalue weighted by Crippen LogP contribution is -2.44. The van der Waals surface area contributed by atoms with Gasteiger partial charge < -0.3 is 20.1 Å². The molecule has 1 aliphatic carbocycles. The number of aryl methyl sites for hydroxylation is 1. The molecule has 0 aromatic carbocycles. The first kappa shape index (κ1) is 35.1. The van der Waals surface area contributed by atoms with Crippen molar-refractivity contribution in [3.8, 4) is 0 Å². The van der Waals surface area contributed by atoms with Crippen LogP contribution in [-0.4, -0.2) is 45.8 Å². The van der Waals surface area contributed by atoms with Gasteiger partial charge in [-0.15, -0.1) is 0 Å². The van der Waals surface area contributed by atoms with E-state index in [0.717, 1.165) is 35.2 Å². The van der Waals surface area contributed by atoms with Crippen molar-refractivity contribution in [2.24, 2.45) is 0 Å². The van der Waals surface area contributed by atoms with Crippen LogP contribution in [0.1, 0.15) is 139 Å². The van der Waals surface area contributed by atoms with Gasteiger partial charge in [-0.3, -0.25) is 0 Å². The minimum atomic E-state index is -3.09. The smallest absolute Gasteiger partial charge is 0.407 e. The Labute approximate surface area is 259 Å². The second kappa shape index (κ2) is 17.8. The lowest BCUT2D eigenvalue weighted by Gasteiger charge is -2.26. The van der Waals surface area contributed by atoms with Crippen LogP contribution in [0, 0.1) is 0 Å². The average molecular weight is 623 g/mol. The highest BCUT2D eigenvalue weighted by Gasteiger charge is 2.67. The van der Waals surface area contributed by atoms with Crippen LogP contribution in [0.25, 0.3) is 0 Å². The molecule has 0 bridgehead atoms. The second-order valence-electron chi connectivity index (χ2n) is 12.4. The molecule has 1 aromatic heterocycles. The van der Waals surface area contributed by atoms with Gasteiger partial charge in [0.15, 0.2) is 16.0 Å². The number of nitrogens with zero attached hydrogens (tertiary/aromatic N) is 1. The molecule has 3 rings (SSSR count). The summed E-state index contributed by atoms with van der Waals surface area (Å²) in [4.78, 5) is 24.1. The summed E-state index contributed by atoms with van der Waals surface area (Å²) in [6.45, 7) is 5.80. The number of alkyl carbamates (subject to hydrolysis) is 2. The lowest BCUT2D eigenvalue weighted by atomic mass is 10.0. The normalized spacial score (nSPS) is 15.4. The van der Waals surface area contributed by atoms with Gasteiger partial charge in [-0.25, -0.2) is 22.6 Å². The van der Waals surface area contributed by atoms with Crippen LogP contribution < -0.4 is 15.2 Å². The van der Waals surface area contributed by atoms with E-state index in [1.807, 2.05) is 17.7 Å². The van der Waals surface area contributed by atoms with Gasteiger partial charge in [-0.2, -0.15) is 0 Å². The Kier molecular flexibility index (Phi) is 14.6. The lowest BCUT2D eigenvalue weighted by molar-refractivity contribution is -0.701. The van der Waals surface area contributed by atoms with Crippen LogP contribution in [0.2, 0.25) is 0 Å². The Morgan fingerprint density at radius 3 is 1.81 bits per heavy atom. The molecule has 2 heterocycles. The maximum atomic E-state index is 12.4. The topological polar surface area (TPSA) is 115 Å². The van der Waals surface area contributed by atoms with Crippen LogP contribution in [0.15, 0.2) is 6.20 Å². The van der Waals surface area contributed by atoms with Gasteiger partial charge in [0.25, 0.3) is 0 Å². The monoisotopic (exact) mass is 622 g/mol. The Morgan fingerprint density at radius 2 is 1.33 bits per heavy atom. The number of nitrogens with one attached hydrogen (secondary N) is 2. The number of hydrogen-bond donors (Lipinski definition) is 2. The molecule has 1 fully saturated rings. The highest BCUT2D eigenvalue weighted by atomic mass is 32.2. The van der Waals surface area contributed by atoms with E-state index in [2.05, 4.69) is 17.6 Å². The molecule has 0 radical (unpaired) electrons. The number of aromatic nitrogens is 1. The summed E-state index contributed by atoms with van der Waals surface area (Å²) in [5, 5.41) is 5.57. The van der Waals surface area contributed by atoms with E-state index < -0.39 is 27.4 Å². The molecule has 43 heavy (non-hydrogen) atoms. The van der Waals surface area contributed by atoms with Crippen molar-refractivity contribution in [3.63, 3.8) is 0 Å². The maximum Gasteiger partial charge on any atom is 0.407 e. The van der Waals surface area contributed by atoms with Gasteiger partial charge in [0.05, 0.1) is 29.6 Å². The molecule has 0 atom stereocenters. The van der Waals surface area contributed by atoms with Crippen LogP contribution >= 0.6 is 0 Å². The van der Waals surface area contributed by atoms with Gasteiger partial charge >= 0.3 is 12.2 Å². The molecule has 244 valence electrons. The zero-order valence-corrected chi connectivity index (χ0v) is 27.8. The predicted molar refractivity (Wildman–Crippen MR) is 169 cm³/mol. The third-order valence-corrected chi connectivity index (χ3v) is 10.8. The molecule has 1 spiro atoms. The van der Waals surface area contributed by atoms with Crippen molar-refractivity contribution in [1.29, 1.82) is 0 Å². The number of sulfone groups is 1. The Balaban J connectivity index is 1.28. The van der Waals surface area contributed by atoms with E-state index in [-0.39, 0.29) is 24.7 Å². The first-order valence-electron chi connectivity index (χ1n) is 16.8. The van der Waals surface area contributed by atoms with Crippen molar-refractivity contribution in [3.05, 3.63) is 28.6 Å². The number of hydrogen-bond acceptors (Lipinski definition) is 6. The fourth-order valence-electron chi connectivity index (χ4n) is 6.59. The van der Waals surface area contributed by atoms with E-state index in [0.29, 0.717) is 13.1 Å². The van der Waals surface area contributed by atoms with Crippen molar-refractivity contribution in [2.45, 2.75) is 142 Å². The van der Waals surface area contributed by atoms with Gasteiger partial charge in [-0.1, -0.05) is 103 Å². The summed E-state index contributed by atoms with van der Waals surface area (Å²) in [5.74, 6) is 0.124. The highest BCUT2D eigenvalue weighted by Crippen LogP contribution is 2.59. The van der Waals surface area contributed by atoms with Crippen molar-refractivity contribution in [2.75, 3.05) is 25.2 Å². The third kappa shape index (κ3) is 10.6. The predicted octanol–water partition coefficient (Wildman–Crippen LogP) is 6.37. The number of rotatable bonds is 22. The second-order valence-corrected chi connectivity index (χ2v) is 14.5. The summed E-state index contributed by atoms with van der Waals surface area (Å²) < 4.78 is 36.4. The van der Waals surface area contributed by atoms with E-state index in [4.69, 9.17) is 9.47 Å². The van der Waals surface area contributed by atoms with E-state index in [9.17, 15) is 18.0 Å². The molecule has 0 saturated carbocycles. The number of methoxy groups -OCH3 is 1. The van der Waals surface area contributed by atoms with Crippen molar-refractivity contribution < 1.29 is 32.0 Å². The Morgan fingerprint density at radius 1 is 0.791 bits per heavy atom. The zero-order chi connectivity index (χ0) is 31.1. The standard InChI is InChI=1S/C33H55N3O6S/c1-4-6-7-8-9-10-11-12-13-14-15-16-17-18-19-20-21-34-32(38)42-24-27-23-36(5-2)28(22-35-31(37)41-3)30-29(27)33(30)25-43(39,40)26-33/h23H,4-22,24-26H2,1-3H3,(H-,34,35,37,38)/p+1. The van der Waals surface area contributed by atoms with Crippen LogP contribution in [-0.2, 0) is 44.4 Å². The molecule has 0 unspecified atom stereocenters. The Bertz CT molecular complexity index is 1140. The van der Waals surface area contributed by atoms with Gasteiger partial charge in [-0.05, 0) is 18.9 Å². The first-order chi connectivity index (χ1) is 20.8. The SMILES string of the molecule is CCCCCCCCCCCCCCCCCCNC(=O)OCc1c[n+](CC)c(CNC(=O)OC)c2c1C21CS(=O)(=O)C1. The minimum absolute atomic E-state index is 0.0622. The third-order valence-electron chi connectivity index (χ3n) is 8.93. The van der Waals surface area contributed by atoms with Crippen LogP contribution in [0.4, 0.5) is 9.59 Å². The average Bonchev–Trinajstić information content (AvgIpc) is 3.63. The van der Waals surface area contributed by atoms with E-state index in [1.165, 1.54) is 97.0 Å². The molecule has 10 heteroatoms. The summed E-state index contributed by atoms with van der Waals surface area (Å²) in [5.41, 5.74) is 3.07. The number of carbonyl (C=O) groups is 2. The van der Waals surface area contributed by atoms with Gasteiger partial charge in [0.1, 0.15) is 19.7 Å². The number of fused-ring (bicyclic) bond motifs is 3. The molecular weight excluding hydrogens is 566 g/mol. The molecule has 2 amide bonds. The zero-order valence-electron chi connectivity index (χ0n) is 26.9. The van der Waals surface area contributed by atoms with Gasteiger partial charge in [0.2, 0.25) is 5.69 Å². The molecule has 1 aromatic rings. The molecule has 9 nitrogen and oxygen atoms in total. The Hall–Kier alpha value is -2.36. The molecule has 2 aliphatic rings. The maximum absolute atomic E-state index is 12.4. The quantitative estimate of drug-likeness (QED) is 0.115. The number of ether oxygens (including phenoxy) is 2. The largest absolute Gasteiger partial charge is 0.453 e. The van der Waals surface area contributed by atoms with E-state index >= 15 is 0 Å². The molecular formula is C33H56N3O6S+. The fraction of sp³-hybridized carbons (Fsp3) is 0.788. The summed E-state index contributed by atoms with van der Waals surface area (Å²) >= 11 is 0. The summed E-state index contributed by atoms with van der Waals surface area (Å²) in [7, 11) is -1.78. The minimum Gasteiger partial charge on any atom is -0.453 e. The molecule has 1 aliphatic heterocycles. The molecule has 1 saturated heterocycles. The van der Waals surface area contributed by atoms with E-state index in [1.54, 1.807) is 0 Å². The summed E-state index contributed by atoms with van der Waals surface area (Å²) in [6, 6.07) is 0. The first-order valence-corrected chi connectivity index (χ1v) is 18.6.